The van der Waals surface area contributed by atoms with Gasteiger partial charge in [0.05, 0.1) is 0 Å². The zero-order valence-electron chi connectivity index (χ0n) is 11.4. The zero-order chi connectivity index (χ0) is 13.7. The normalized spacial score (nSPS) is 12.4. The monoisotopic (exact) mass is 260 g/mol. The molecule has 2 N–H and O–H groups in total. The van der Waals surface area contributed by atoms with Crippen molar-refractivity contribution in [2.24, 2.45) is 5.73 Å². The third-order valence-electron chi connectivity index (χ3n) is 3.11. The summed E-state index contributed by atoms with van der Waals surface area (Å²) in [6, 6.07) is 7.88. The molecule has 0 bridgehead atoms. The second kappa shape index (κ2) is 6.33. The summed E-state index contributed by atoms with van der Waals surface area (Å²) in [5.74, 6) is 1.64. The molecule has 0 amide bonds. The molecule has 0 aliphatic heterocycles. The highest BCUT2D eigenvalue weighted by molar-refractivity contribution is 5.35. The summed E-state index contributed by atoms with van der Waals surface area (Å²) in [6.07, 6.45) is 2.43. The minimum absolute atomic E-state index is 0.000227. The predicted octanol–water partition coefficient (Wildman–Crippen LogP) is 2.29. The molecule has 0 saturated heterocycles. The Labute approximate surface area is 113 Å². The predicted molar refractivity (Wildman–Crippen MR) is 73.7 cm³/mol. The van der Waals surface area contributed by atoms with E-state index in [-0.39, 0.29) is 6.04 Å². The van der Waals surface area contributed by atoms with Crippen LogP contribution in [-0.2, 0) is 13.2 Å². The van der Waals surface area contributed by atoms with Crippen molar-refractivity contribution in [3.63, 3.8) is 0 Å². The summed E-state index contributed by atoms with van der Waals surface area (Å²) < 4.78 is 7.67. The Morgan fingerprint density at radius 3 is 2.84 bits per heavy atom. The number of ether oxygens (including phenoxy) is 1. The third-order valence-corrected chi connectivity index (χ3v) is 3.11. The number of hydrogen-bond donors (Lipinski definition) is 1. The lowest BCUT2D eigenvalue weighted by atomic mass is 10.0. The van der Waals surface area contributed by atoms with Crippen LogP contribution in [0.25, 0.3) is 0 Å². The molecular formula is C14H20N4O. The first-order valence-electron chi connectivity index (χ1n) is 6.60. The Balaban J connectivity index is 2.11. The molecule has 1 heterocycles. The Morgan fingerprint density at radius 1 is 1.32 bits per heavy atom. The fourth-order valence-electron chi connectivity index (χ4n) is 1.94. The van der Waals surface area contributed by atoms with Gasteiger partial charge in [0.25, 0.3) is 0 Å². The number of aryl methyl sites for hydroxylation is 1. The van der Waals surface area contributed by atoms with Crippen molar-refractivity contribution in [1.29, 1.82) is 0 Å². The maximum absolute atomic E-state index is 6.09. The van der Waals surface area contributed by atoms with Crippen LogP contribution in [0.3, 0.4) is 0 Å². The first kappa shape index (κ1) is 13.5. The molecule has 5 heteroatoms. The molecule has 0 saturated carbocycles. The van der Waals surface area contributed by atoms with Crippen molar-refractivity contribution < 1.29 is 4.74 Å². The molecule has 0 aliphatic rings. The minimum atomic E-state index is 0.000227. The van der Waals surface area contributed by atoms with E-state index in [0.717, 1.165) is 30.1 Å². The Hall–Kier alpha value is -1.88. The van der Waals surface area contributed by atoms with Crippen molar-refractivity contribution in [3.8, 4) is 5.75 Å². The van der Waals surface area contributed by atoms with Crippen LogP contribution in [0.2, 0.25) is 0 Å². The van der Waals surface area contributed by atoms with Gasteiger partial charge in [0.15, 0.2) is 5.82 Å². The minimum Gasteiger partial charge on any atom is -0.485 e. The van der Waals surface area contributed by atoms with Gasteiger partial charge in [-0.2, -0.15) is 5.10 Å². The summed E-state index contributed by atoms with van der Waals surface area (Å²) in [5, 5.41) is 4.12. The summed E-state index contributed by atoms with van der Waals surface area (Å²) >= 11 is 0. The van der Waals surface area contributed by atoms with E-state index in [9.17, 15) is 0 Å². The zero-order valence-corrected chi connectivity index (χ0v) is 11.4. The first-order valence-corrected chi connectivity index (χ1v) is 6.60. The van der Waals surface area contributed by atoms with E-state index in [4.69, 9.17) is 10.5 Å². The van der Waals surface area contributed by atoms with Gasteiger partial charge in [-0.25, -0.2) is 9.67 Å². The average Bonchev–Trinajstić information content (AvgIpc) is 2.92. The van der Waals surface area contributed by atoms with Gasteiger partial charge >= 0.3 is 0 Å². The number of para-hydroxylation sites is 1. The number of hydrogen-bond acceptors (Lipinski definition) is 4. The lowest BCUT2D eigenvalue weighted by Crippen LogP contribution is -2.12. The van der Waals surface area contributed by atoms with Gasteiger partial charge in [-0.3, -0.25) is 0 Å². The Kier molecular flexibility index (Phi) is 4.52. The quantitative estimate of drug-likeness (QED) is 0.865. The van der Waals surface area contributed by atoms with E-state index >= 15 is 0 Å². The maximum Gasteiger partial charge on any atom is 0.164 e. The van der Waals surface area contributed by atoms with Crippen molar-refractivity contribution in [2.45, 2.75) is 39.5 Å². The van der Waals surface area contributed by atoms with Gasteiger partial charge in [-0.15, -0.1) is 0 Å². The van der Waals surface area contributed by atoms with Gasteiger partial charge in [-0.1, -0.05) is 25.1 Å². The smallest absolute Gasteiger partial charge is 0.164 e. The summed E-state index contributed by atoms with van der Waals surface area (Å²) in [6.45, 7) is 5.28. The van der Waals surface area contributed by atoms with Crippen LogP contribution in [0.4, 0.5) is 0 Å². The molecule has 19 heavy (non-hydrogen) atoms. The van der Waals surface area contributed by atoms with Crippen LogP contribution >= 0.6 is 0 Å². The Bertz CT molecular complexity index is 524. The molecule has 1 unspecified atom stereocenters. The summed E-state index contributed by atoms with van der Waals surface area (Å²) in [5.41, 5.74) is 7.12. The van der Waals surface area contributed by atoms with E-state index in [1.54, 1.807) is 6.33 Å². The summed E-state index contributed by atoms with van der Waals surface area (Å²) in [7, 11) is 0. The van der Waals surface area contributed by atoms with Crippen LogP contribution < -0.4 is 10.5 Å². The molecule has 1 atom stereocenters. The van der Waals surface area contributed by atoms with Gasteiger partial charge in [0.1, 0.15) is 18.7 Å². The van der Waals surface area contributed by atoms with Crippen molar-refractivity contribution in [1.82, 2.24) is 14.8 Å². The van der Waals surface area contributed by atoms with E-state index in [1.807, 2.05) is 35.9 Å². The topological polar surface area (TPSA) is 66.0 Å². The lowest BCUT2D eigenvalue weighted by molar-refractivity contribution is 0.282. The van der Waals surface area contributed by atoms with Gasteiger partial charge in [0, 0.05) is 18.2 Å². The van der Waals surface area contributed by atoms with Crippen molar-refractivity contribution >= 4 is 0 Å². The van der Waals surface area contributed by atoms with Crippen LogP contribution in [0.1, 0.15) is 37.7 Å². The van der Waals surface area contributed by atoms with E-state index in [2.05, 4.69) is 17.0 Å². The fraction of sp³-hybridized carbons (Fsp3) is 0.429. The average molecular weight is 260 g/mol. The van der Waals surface area contributed by atoms with E-state index in [0.29, 0.717) is 6.61 Å². The number of rotatable bonds is 6. The second-order valence-electron chi connectivity index (χ2n) is 4.33. The molecule has 2 aromatic rings. The largest absolute Gasteiger partial charge is 0.485 e. The molecule has 1 aromatic carbocycles. The number of benzene rings is 1. The van der Waals surface area contributed by atoms with Crippen LogP contribution in [0, 0.1) is 0 Å². The number of aromatic nitrogens is 3. The lowest BCUT2D eigenvalue weighted by Gasteiger charge is -2.15. The number of nitrogens with two attached hydrogens (primary N) is 1. The van der Waals surface area contributed by atoms with E-state index in [1.165, 1.54) is 0 Å². The molecule has 102 valence electrons. The first-order chi connectivity index (χ1) is 9.26. The second-order valence-corrected chi connectivity index (χ2v) is 4.33. The number of nitrogens with zero attached hydrogens (tertiary/aromatic N) is 3. The van der Waals surface area contributed by atoms with Crippen LogP contribution in [-0.4, -0.2) is 14.8 Å². The SMILES string of the molecule is CCC(N)c1ccccc1OCc1ncnn1CC. The van der Waals surface area contributed by atoms with Crippen molar-refractivity contribution in [3.05, 3.63) is 42.0 Å². The standard InChI is InChI=1S/C14H20N4O/c1-3-12(15)11-7-5-6-8-13(11)19-9-14-16-10-17-18(14)4-2/h5-8,10,12H,3-4,9,15H2,1-2H3. The highest BCUT2D eigenvalue weighted by atomic mass is 16.5. The van der Waals surface area contributed by atoms with Crippen molar-refractivity contribution in [2.75, 3.05) is 0 Å². The molecule has 0 spiro atoms. The maximum atomic E-state index is 6.09. The molecular weight excluding hydrogens is 240 g/mol. The molecule has 0 aliphatic carbocycles. The van der Waals surface area contributed by atoms with Crippen LogP contribution in [0.5, 0.6) is 5.75 Å². The fourth-order valence-corrected chi connectivity index (χ4v) is 1.94. The molecule has 1 aromatic heterocycles. The van der Waals surface area contributed by atoms with Gasteiger partial charge < -0.3 is 10.5 Å². The molecule has 0 fully saturated rings. The third kappa shape index (κ3) is 3.12. The Morgan fingerprint density at radius 2 is 2.11 bits per heavy atom. The highest BCUT2D eigenvalue weighted by Gasteiger charge is 2.11. The highest BCUT2D eigenvalue weighted by Crippen LogP contribution is 2.25. The van der Waals surface area contributed by atoms with E-state index < -0.39 is 0 Å². The molecule has 2 rings (SSSR count). The van der Waals surface area contributed by atoms with Gasteiger partial charge in [0.2, 0.25) is 0 Å². The molecule has 0 radical (unpaired) electrons. The molecule has 5 nitrogen and oxygen atoms in total. The summed E-state index contributed by atoms with van der Waals surface area (Å²) in [4.78, 5) is 4.19. The van der Waals surface area contributed by atoms with Gasteiger partial charge in [-0.05, 0) is 19.4 Å². The van der Waals surface area contributed by atoms with Crippen LogP contribution in [0.15, 0.2) is 30.6 Å².